The highest BCUT2D eigenvalue weighted by atomic mass is 79.9. The molecule has 2 unspecified atom stereocenters. The van der Waals surface area contributed by atoms with Gasteiger partial charge in [0.2, 0.25) is 0 Å². The van der Waals surface area contributed by atoms with Crippen molar-refractivity contribution in [2.45, 2.75) is 39.2 Å². The number of hydrogen-bond acceptors (Lipinski definition) is 4. The molecule has 0 aromatic carbocycles. The van der Waals surface area contributed by atoms with E-state index in [-0.39, 0.29) is 12.2 Å². The summed E-state index contributed by atoms with van der Waals surface area (Å²) in [5.74, 6) is 0.861. The van der Waals surface area contributed by atoms with Crippen LogP contribution < -0.4 is 10.9 Å². The molecule has 1 heterocycles. The van der Waals surface area contributed by atoms with Gasteiger partial charge in [-0.05, 0) is 47.0 Å². The van der Waals surface area contributed by atoms with Gasteiger partial charge in [-0.2, -0.15) is 5.10 Å². The monoisotopic (exact) mass is 343 g/mol. The Balaban J connectivity index is 2.03. The number of nitrogens with one attached hydrogen (secondary N) is 1. The molecule has 112 valence electrons. The van der Waals surface area contributed by atoms with E-state index in [4.69, 9.17) is 0 Å². The van der Waals surface area contributed by atoms with Crippen molar-refractivity contribution in [2.75, 3.05) is 18.5 Å². The smallest absolute Gasteiger partial charge is 0.283 e. The zero-order valence-electron chi connectivity index (χ0n) is 11.8. The molecule has 5 nitrogen and oxygen atoms in total. The fraction of sp³-hybridized carbons (Fsp3) is 0.714. The van der Waals surface area contributed by atoms with E-state index in [2.05, 4.69) is 26.3 Å². The quantitative estimate of drug-likeness (QED) is 0.831. The molecular formula is C14H22BrN3O2. The maximum Gasteiger partial charge on any atom is 0.283 e. The molecule has 1 aliphatic carbocycles. The number of rotatable bonds is 6. The highest BCUT2D eigenvalue weighted by Gasteiger charge is 2.26. The van der Waals surface area contributed by atoms with E-state index in [1.807, 2.05) is 6.92 Å². The number of aliphatic hydroxyl groups excluding tert-OH is 1. The van der Waals surface area contributed by atoms with E-state index in [1.54, 1.807) is 6.20 Å². The lowest BCUT2D eigenvalue weighted by Gasteiger charge is -2.19. The fourth-order valence-corrected chi connectivity index (χ4v) is 3.27. The third kappa shape index (κ3) is 3.41. The Morgan fingerprint density at radius 1 is 1.50 bits per heavy atom. The third-order valence-corrected chi connectivity index (χ3v) is 4.79. The average molecular weight is 344 g/mol. The molecule has 0 radical (unpaired) electrons. The number of aromatic nitrogens is 2. The summed E-state index contributed by atoms with van der Waals surface area (Å²) in [6, 6.07) is 0. The van der Waals surface area contributed by atoms with Crippen LogP contribution in [0.1, 0.15) is 32.6 Å². The first-order valence-corrected chi connectivity index (χ1v) is 8.07. The molecule has 1 aromatic rings. The van der Waals surface area contributed by atoms with E-state index in [1.165, 1.54) is 11.1 Å². The first-order chi connectivity index (χ1) is 9.67. The summed E-state index contributed by atoms with van der Waals surface area (Å²) in [4.78, 5) is 12.1. The number of aliphatic hydroxyl groups is 1. The van der Waals surface area contributed by atoms with Crippen molar-refractivity contribution in [2.24, 2.45) is 11.8 Å². The third-order valence-electron chi connectivity index (χ3n) is 4.03. The predicted molar refractivity (Wildman–Crippen MR) is 82.9 cm³/mol. The first kappa shape index (κ1) is 15.5. The second-order valence-corrected chi connectivity index (χ2v) is 6.21. The van der Waals surface area contributed by atoms with Gasteiger partial charge in [-0.1, -0.05) is 13.3 Å². The number of anilines is 1. The Morgan fingerprint density at radius 3 is 2.95 bits per heavy atom. The normalized spacial score (nSPS) is 22.1. The van der Waals surface area contributed by atoms with Gasteiger partial charge >= 0.3 is 0 Å². The van der Waals surface area contributed by atoms with Gasteiger partial charge < -0.3 is 10.4 Å². The van der Waals surface area contributed by atoms with Crippen molar-refractivity contribution in [3.05, 3.63) is 21.0 Å². The SMILES string of the molecule is CCCn1ncc(NCC2CCCC2CO)c(Br)c1=O. The molecule has 1 aliphatic rings. The van der Waals surface area contributed by atoms with Gasteiger partial charge in [-0.3, -0.25) is 4.79 Å². The molecule has 1 aromatic heterocycles. The standard InChI is InChI=1S/C14H22BrN3O2/c1-2-6-18-14(20)13(15)12(8-17-18)16-7-10-4-3-5-11(10)9-19/h8,10-11,16,19H,2-7,9H2,1H3. The zero-order chi connectivity index (χ0) is 14.5. The van der Waals surface area contributed by atoms with Crippen LogP contribution in [0, 0.1) is 11.8 Å². The lowest BCUT2D eigenvalue weighted by Crippen LogP contribution is -2.26. The van der Waals surface area contributed by atoms with Crippen LogP contribution in [0.4, 0.5) is 5.69 Å². The number of aryl methyl sites for hydroxylation is 1. The largest absolute Gasteiger partial charge is 0.396 e. The highest BCUT2D eigenvalue weighted by Crippen LogP contribution is 2.31. The number of halogens is 1. The molecule has 1 saturated carbocycles. The molecule has 20 heavy (non-hydrogen) atoms. The minimum atomic E-state index is -0.0954. The Morgan fingerprint density at radius 2 is 2.25 bits per heavy atom. The van der Waals surface area contributed by atoms with Crippen molar-refractivity contribution in [3.8, 4) is 0 Å². The Bertz CT molecular complexity index is 504. The van der Waals surface area contributed by atoms with Gasteiger partial charge in [-0.25, -0.2) is 4.68 Å². The Hall–Kier alpha value is -0.880. The van der Waals surface area contributed by atoms with Crippen molar-refractivity contribution in [3.63, 3.8) is 0 Å². The molecule has 0 amide bonds. The number of hydrogen-bond donors (Lipinski definition) is 2. The summed E-state index contributed by atoms with van der Waals surface area (Å²) < 4.78 is 2.01. The van der Waals surface area contributed by atoms with Gasteiger partial charge in [0.1, 0.15) is 4.47 Å². The van der Waals surface area contributed by atoms with E-state index in [0.29, 0.717) is 22.9 Å². The molecule has 0 aliphatic heterocycles. The van der Waals surface area contributed by atoms with Crippen LogP contribution in [0.2, 0.25) is 0 Å². The molecule has 2 rings (SSSR count). The molecule has 2 atom stereocenters. The Labute approximate surface area is 127 Å². The lowest BCUT2D eigenvalue weighted by molar-refractivity contribution is 0.199. The molecule has 6 heteroatoms. The van der Waals surface area contributed by atoms with Gasteiger partial charge in [0, 0.05) is 19.7 Å². The highest BCUT2D eigenvalue weighted by molar-refractivity contribution is 9.10. The van der Waals surface area contributed by atoms with Crippen molar-refractivity contribution < 1.29 is 5.11 Å². The van der Waals surface area contributed by atoms with Gasteiger partial charge in [0.25, 0.3) is 5.56 Å². The molecular weight excluding hydrogens is 322 g/mol. The number of nitrogens with zero attached hydrogens (tertiary/aromatic N) is 2. The molecule has 0 bridgehead atoms. The second kappa shape index (κ2) is 7.22. The van der Waals surface area contributed by atoms with E-state index < -0.39 is 0 Å². The minimum Gasteiger partial charge on any atom is -0.396 e. The maximum atomic E-state index is 12.1. The average Bonchev–Trinajstić information content (AvgIpc) is 2.91. The van der Waals surface area contributed by atoms with Crippen LogP contribution >= 0.6 is 15.9 Å². The van der Waals surface area contributed by atoms with Gasteiger partial charge in [0.05, 0.1) is 11.9 Å². The lowest BCUT2D eigenvalue weighted by atomic mass is 9.97. The van der Waals surface area contributed by atoms with Crippen LogP contribution in [0.5, 0.6) is 0 Å². The summed E-state index contributed by atoms with van der Waals surface area (Å²) in [7, 11) is 0. The zero-order valence-corrected chi connectivity index (χ0v) is 13.4. The summed E-state index contributed by atoms with van der Waals surface area (Å²) in [5.41, 5.74) is 0.646. The second-order valence-electron chi connectivity index (χ2n) is 5.42. The van der Waals surface area contributed by atoms with Crippen molar-refractivity contribution in [1.82, 2.24) is 9.78 Å². The summed E-state index contributed by atoms with van der Waals surface area (Å²) in [6.07, 6.45) is 5.99. The van der Waals surface area contributed by atoms with Crippen LogP contribution in [0.25, 0.3) is 0 Å². The van der Waals surface area contributed by atoms with Gasteiger partial charge in [-0.15, -0.1) is 0 Å². The van der Waals surface area contributed by atoms with Crippen LogP contribution in [-0.4, -0.2) is 28.0 Å². The molecule has 0 saturated heterocycles. The Kier molecular flexibility index (Phi) is 5.60. The minimum absolute atomic E-state index is 0.0954. The molecule has 2 N–H and O–H groups in total. The van der Waals surface area contributed by atoms with Crippen LogP contribution in [0.3, 0.4) is 0 Å². The van der Waals surface area contributed by atoms with E-state index in [0.717, 1.165) is 31.5 Å². The maximum absolute atomic E-state index is 12.1. The van der Waals surface area contributed by atoms with Crippen LogP contribution in [-0.2, 0) is 6.54 Å². The van der Waals surface area contributed by atoms with Crippen LogP contribution in [0.15, 0.2) is 15.5 Å². The fourth-order valence-electron chi connectivity index (χ4n) is 2.82. The molecule has 0 spiro atoms. The predicted octanol–water partition coefficient (Wildman–Crippen LogP) is 2.24. The first-order valence-electron chi connectivity index (χ1n) is 7.27. The molecule has 1 fully saturated rings. The summed E-state index contributed by atoms with van der Waals surface area (Å²) in [6.45, 7) is 3.68. The van der Waals surface area contributed by atoms with E-state index in [9.17, 15) is 9.90 Å². The van der Waals surface area contributed by atoms with Gasteiger partial charge in [0.15, 0.2) is 0 Å². The topological polar surface area (TPSA) is 67.2 Å². The van der Waals surface area contributed by atoms with Crippen molar-refractivity contribution in [1.29, 1.82) is 0 Å². The van der Waals surface area contributed by atoms with Crippen molar-refractivity contribution >= 4 is 21.6 Å². The van der Waals surface area contributed by atoms with E-state index >= 15 is 0 Å². The summed E-state index contributed by atoms with van der Waals surface area (Å²) >= 11 is 3.36. The summed E-state index contributed by atoms with van der Waals surface area (Å²) in [5, 5.41) is 16.8.